The maximum atomic E-state index is 9.33. The molecule has 0 bridgehead atoms. The van der Waals surface area contributed by atoms with E-state index in [9.17, 15) is 5.11 Å². The van der Waals surface area contributed by atoms with Crippen LogP contribution in [0.25, 0.3) is 0 Å². The van der Waals surface area contributed by atoms with E-state index in [-0.39, 0.29) is 12.7 Å². The fourth-order valence-corrected chi connectivity index (χ4v) is 1.83. The van der Waals surface area contributed by atoms with Gasteiger partial charge in [0.1, 0.15) is 0 Å². The molecule has 0 fully saturated rings. The lowest BCUT2D eigenvalue weighted by molar-refractivity contribution is 0.00284. The summed E-state index contributed by atoms with van der Waals surface area (Å²) in [4.78, 5) is 0. The molecule has 0 aromatic heterocycles. The van der Waals surface area contributed by atoms with E-state index < -0.39 is 0 Å². The summed E-state index contributed by atoms with van der Waals surface area (Å²) < 4.78 is 5.70. The van der Waals surface area contributed by atoms with Crippen LogP contribution < -0.4 is 0 Å². The first-order chi connectivity index (χ1) is 9.26. The number of terminal acetylenes is 1. The Balaban J connectivity index is 2.29. The van der Waals surface area contributed by atoms with Crippen molar-refractivity contribution in [3.63, 3.8) is 0 Å². The molecule has 2 heteroatoms. The summed E-state index contributed by atoms with van der Waals surface area (Å²) in [6, 6.07) is 9.95. The number of ether oxygens (including phenoxy) is 1. The molecule has 2 nitrogen and oxygen atoms in total. The van der Waals surface area contributed by atoms with E-state index in [2.05, 4.69) is 12.5 Å². The number of benzene rings is 1. The highest BCUT2D eigenvalue weighted by molar-refractivity contribution is 5.13. The van der Waals surface area contributed by atoms with Crippen molar-refractivity contribution in [3.05, 3.63) is 48.0 Å². The first-order valence-electron chi connectivity index (χ1n) is 6.62. The number of hydrogen-bond donors (Lipinski definition) is 1. The van der Waals surface area contributed by atoms with Gasteiger partial charge >= 0.3 is 0 Å². The summed E-state index contributed by atoms with van der Waals surface area (Å²) in [6.07, 6.45) is 8.34. The second kappa shape index (κ2) is 9.38. The normalized spacial score (nSPS) is 11.8. The minimum atomic E-state index is -0.182. The Labute approximate surface area is 116 Å². The highest BCUT2D eigenvalue weighted by Crippen LogP contribution is 2.15. The zero-order valence-electron chi connectivity index (χ0n) is 11.3. The monoisotopic (exact) mass is 258 g/mol. The SMILES string of the molecule is C#CCCCC(=C)C[C@@H](CO)OCc1ccccc1. The Hall–Kier alpha value is -1.56. The number of aliphatic hydroxyl groups excluding tert-OH is 1. The Morgan fingerprint density at radius 2 is 2.11 bits per heavy atom. The second-order valence-electron chi connectivity index (χ2n) is 4.61. The number of hydrogen-bond acceptors (Lipinski definition) is 2. The minimum absolute atomic E-state index is 0.0149. The molecule has 1 rings (SSSR count). The molecule has 0 saturated heterocycles. The van der Waals surface area contributed by atoms with Crippen molar-refractivity contribution < 1.29 is 9.84 Å². The Kier molecular flexibility index (Phi) is 7.65. The van der Waals surface area contributed by atoms with Crippen LogP contribution in [-0.2, 0) is 11.3 Å². The number of rotatable bonds is 9. The molecule has 0 aliphatic heterocycles. The van der Waals surface area contributed by atoms with E-state index in [1.54, 1.807) is 0 Å². The fraction of sp³-hybridized carbons (Fsp3) is 0.412. The van der Waals surface area contributed by atoms with E-state index >= 15 is 0 Å². The van der Waals surface area contributed by atoms with Gasteiger partial charge in [-0.05, 0) is 24.8 Å². The molecular formula is C17H22O2. The molecule has 0 unspecified atom stereocenters. The Morgan fingerprint density at radius 3 is 2.74 bits per heavy atom. The zero-order valence-corrected chi connectivity index (χ0v) is 11.3. The number of unbranched alkanes of at least 4 members (excludes halogenated alkanes) is 1. The average molecular weight is 258 g/mol. The van der Waals surface area contributed by atoms with E-state index in [1.807, 2.05) is 30.3 Å². The molecule has 1 aromatic carbocycles. The Morgan fingerprint density at radius 1 is 1.37 bits per heavy atom. The topological polar surface area (TPSA) is 29.5 Å². The molecular weight excluding hydrogens is 236 g/mol. The van der Waals surface area contributed by atoms with Crippen LogP contribution in [-0.4, -0.2) is 17.8 Å². The third-order valence-corrected chi connectivity index (χ3v) is 2.90. The summed E-state index contributed by atoms with van der Waals surface area (Å²) in [6.45, 7) is 4.54. The van der Waals surface area contributed by atoms with Crippen LogP contribution in [0.15, 0.2) is 42.5 Å². The smallest absolute Gasteiger partial charge is 0.0847 e. The molecule has 19 heavy (non-hydrogen) atoms. The van der Waals surface area contributed by atoms with Crippen molar-refractivity contribution in [2.24, 2.45) is 0 Å². The third kappa shape index (κ3) is 6.81. The fourth-order valence-electron chi connectivity index (χ4n) is 1.83. The summed E-state index contributed by atoms with van der Waals surface area (Å²) in [5.74, 6) is 2.62. The second-order valence-corrected chi connectivity index (χ2v) is 4.61. The van der Waals surface area contributed by atoms with Crippen molar-refractivity contribution in [1.82, 2.24) is 0 Å². The molecule has 0 radical (unpaired) electrons. The van der Waals surface area contributed by atoms with E-state index in [0.717, 1.165) is 30.4 Å². The number of aliphatic hydroxyl groups is 1. The van der Waals surface area contributed by atoms with Crippen LogP contribution in [0.2, 0.25) is 0 Å². The summed E-state index contributed by atoms with van der Waals surface area (Å²) in [5, 5.41) is 9.33. The average Bonchev–Trinajstić information content (AvgIpc) is 2.45. The summed E-state index contributed by atoms with van der Waals surface area (Å²) in [5.41, 5.74) is 2.20. The van der Waals surface area contributed by atoms with Crippen molar-refractivity contribution >= 4 is 0 Å². The van der Waals surface area contributed by atoms with Crippen LogP contribution >= 0.6 is 0 Å². The lowest BCUT2D eigenvalue weighted by Gasteiger charge is -2.16. The van der Waals surface area contributed by atoms with Gasteiger partial charge in [-0.1, -0.05) is 42.5 Å². The maximum Gasteiger partial charge on any atom is 0.0847 e. The quantitative estimate of drug-likeness (QED) is 0.418. The van der Waals surface area contributed by atoms with Crippen LogP contribution in [0.4, 0.5) is 0 Å². The molecule has 1 aromatic rings. The first kappa shape index (κ1) is 15.5. The van der Waals surface area contributed by atoms with Crippen LogP contribution in [0.3, 0.4) is 0 Å². The molecule has 0 spiro atoms. The van der Waals surface area contributed by atoms with Gasteiger partial charge in [-0.15, -0.1) is 12.3 Å². The molecule has 0 amide bonds. The van der Waals surface area contributed by atoms with Gasteiger partial charge < -0.3 is 9.84 Å². The van der Waals surface area contributed by atoms with Gasteiger partial charge in [0.15, 0.2) is 0 Å². The highest BCUT2D eigenvalue weighted by atomic mass is 16.5. The summed E-state index contributed by atoms with van der Waals surface area (Å²) >= 11 is 0. The van der Waals surface area contributed by atoms with Gasteiger partial charge in [0.05, 0.1) is 19.3 Å². The van der Waals surface area contributed by atoms with Crippen molar-refractivity contribution in [2.75, 3.05) is 6.61 Å². The highest BCUT2D eigenvalue weighted by Gasteiger charge is 2.09. The largest absolute Gasteiger partial charge is 0.394 e. The molecule has 0 heterocycles. The van der Waals surface area contributed by atoms with Crippen molar-refractivity contribution in [3.8, 4) is 12.3 Å². The minimum Gasteiger partial charge on any atom is -0.394 e. The predicted octanol–water partition coefficient (Wildman–Crippen LogP) is 3.31. The molecule has 1 atom stereocenters. The van der Waals surface area contributed by atoms with Gasteiger partial charge in [0.2, 0.25) is 0 Å². The standard InChI is InChI=1S/C17H22O2/c1-3-4-6-9-15(2)12-17(13-18)19-14-16-10-7-5-8-11-16/h1,5,7-8,10-11,17-18H,2,4,6,9,12-14H2/t17-/m0/s1. The lowest BCUT2D eigenvalue weighted by atomic mass is 10.0. The van der Waals surface area contributed by atoms with E-state index in [4.69, 9.17) is 11.2 Å². The molecule has 0 saturated carbocycles. The van der Waals surface area contributed by atoms with Crippen molar-refractivity contribution in [1.29, 1.82) is 0 Å². The van der Waals surface area contributed by atoms with E-state index in [0.29, 0.717) is 13.0 Å². The van der Waals surface area contributed by atoms with Gasteiger partial charge in [-0.25, -0.2) is 0 Å². The van der Waals surface area contributed by atoms with Gasteiger partial charge in [0.25, 0.3) is 0 Å². The molecule has 0 aliphatic rings. The first-order valence-corrected chi connectivity index (χ1v) is 6.62. The van der Waals surface area contributed by atoms with Gasteiger partial charge in [-0.2, -0.15) is 0 Å². The lowest BCUT2D eigenvalue weighted by Crippen LogP contribution is -2.18. The van der Waals surface area contributed by atoms with Crippen LogP contribution in [0.1, 0.15) is 31.2 Å². The van der Waals surface area contributed by atoms with E-state index in [1.165, 1.54) is 0 Å². The van der Waals surface area contributed by atoms with Gasteiger partial charge in [-0.3, -0.25) is 0 Å². The van der Waals surface area contributed by atoms with Gasteiger partial charge in [0, 0.05) is 6.42 Å². The van der Waals surface area contributed by atoms with Crippen LogP contribution in [0.5, 0.6) is 0 Å². The van der Waals surface area contributed by atoms with Crippen LogP contribution in [0, 0.1) is 12.3 Å². The molecule has 102 valence electrons. The zero-order chi connectivity index (χ0) is 13.9. The van der Waals surface area contributed by atoms with Crippen molar-refractivity contribution in [2.45, 2.75) is 38.4 Å². The molecule has 1 N–H and O–H groups in total. The maximum absolute atomic E-state index is 9.33. The molecule has 0 aliphatic carbocycles. The Bertz CT molecular complexity index is 403. The summed E-state index contributed by atoms with van der Waals surface area (Å²) in [7, 11) is 0. The third-order valence-electron chi connectivity index (χ3n) is 2.90. The predicted molar refractivity (Wildman–Crippen MR) is 78.5 cm³/mol.